The summed E-state index contributed by atoms with van der Waals surface area (Å²) in [6.45, 7) is 5.10. The van der Waals surface area contributed by atoms with E-state index in [0.717, 1.165) is 17.5 Å². The van der Waals surface area contributed by atoms with E-state index < -0.39 is 23.8 Å². The number of hydrogen-bond donors (Lipinski definition) is 1. The Morgan fingerprint density at radius 1 is 1.36 bits per heavy atom. The van der Waals surface area contributed by atoms with Crippen LogP contribution in [-0.4, -0.2) is 33.5 Å². The van der Waals surface area contributed by atoms with Crippen molar-refractivity contribution in [3.63, 3.8) is 0 Å². The third kappa shape index (κ3) is 4.82. The van der Waals surface area contributed by atoms with Gasteiger partial charge in [-0.05, 0) is 32.9 Å². The first-order valence-corrected chi connectivity index (χ1v) is 8.66. The van der Waals surface area contributed by atoms with Crippen LogP contribution < -0.4 is 5.32 Å². The zero-order valence-corrected chi connectivity index (χ0v) is 15.3. The minimum absolute atomic E-state index is 0.0799. The number of carbonyl (C=O) groups excluding carboxylic acids is 2. The number of thioether (sulfide) groups is 1. The Balaban J connectivity index is 1.88. The highest BCUT2D eigenvalue weighted by Crippen LogP contribution is 2.22. The fourth-order valence-corrected chi connectivity index (χ4v) is 2.88. The molecule has 2 aromatic rings. The Kier molecular flexibility index (Phi) is 6.19. The van der Waals surface area contributed by atoms with E-state index in [-0.39, 0.29) is 5.75 Å². The number of esters is 1. The normalized spacial score (nSPS) is 11.9. The summed E-state index contributed by atoms with van der Waals surface area (Å²) >= 11 is 1.03. The quantitative estimate of drug-likeness (QED) is 0.629. The van der Waals surface area contributed by atoms with Crippen molar-refractivity contribution < 1.29 is 18.7 Å². The first-order valence-electron chi connectivity index (χ1n) is 7.67. The van der Waals surface area contributed by atoms with Gasteiger partial charge in [0, 0.05) is 11.9 Å². The molecule has 25 heavy (non-hydrogen) atoms. The molecule has 134 valence electrons. The molecule has 0 unspecified atom stereocenters. The van der Waals surface area contributed by atoms with Gasteiger partial charge in [-0.1, -0.05) is 12.1 Å². The summed E-state index contributed by atoms with van der Waals surface area (Å²) < 4.78 is 20.3. The third-order valence-corrected chi connectivity index (χ3v) is 4.64. The topological polar surface area (TPSA) is 73.2 Å². The maximum absolute atomic E-state index is 13.5. The molecule has 1 N–H and O–H groups in total. The van der Waals surface area contributed by atoms with Crippen molar-refractivity contribution in [1.82, 2.24) is 9.78 Å². The number of rotatable bonds is 6. The number of benzene rings is 1. The lowest BCUT2D eigenvalue weighted by atomic mass is 10.3. The SMILES string of the molecule is Cc1nn(C)c(C)c1NC(=O)[C@@H](C)OC(=O)CSc1ccccc1F. The van der Waals surface area contributed by atoms with Crippen LogP contribution >= 0.6 is 11.8 Å². The van der Waals surface area contributed by atoms with Crippen LogP contribution in [0.1, 0.15) is 18.3 Å². The summed E-state index contributed by atoms with van der Waals surface area (Å²) in [4.78, 5) is 24.4. The molecule has 1 atom stereocenters. The van der Waals surface area contributed by atoms with Crippen molar-refractivity contribution >= 4 is 29.3 Å². The molecule has 1 amide bonds. The van der Waals surface area contributed by atoms with E-state index in [1.54, 1.807) is 36.9 Å². The van der Waals surface area contributed by atoms with E-state index in [9.17, 15) is 14.0 Å². The number of amides is 1. The lowest BCUT2D eigenvalue weighted by molar-refractivity contribution is -0.150. The summed E-state index contributed by atoms with van der Waals surface area (Å²) in [5.74, 6) is -1.50. The standard InChI is InChI=1S/C17H20FN3O3S/c1-10-16(11(2)21(4)20-10)19-17(23)12(3)24-15(22)9-25-14-8-6-5-7-13(14)18/h5-8,12H,9H2,1-4H3,(H,19,23)/t12-/m1/s1. The highest BCUT2D eigenvalue weighted by Gasteiger charge is 2.21. The van der Waals surface area contributed by atoms with Crippen LogP contribution in [0.2, 0.25) is 0 Å². The average molecular weight is 365 g/mol. The van der Waals surface area contributed by atoms with Gasteiger partial charge in [-0.3, -0.25) is 14.3 Å². The molecule has 6 nitrogen and oxygen atoms in total. The fourth-order valence-electron chi connectivity index (χ4n) is 2.16. The van der Waals surface area contributed by atoms with E-state index in [2.05, 4.69) is 10.4 Å². The first kappa shape index (κ1) is 19.0. The molecule has 0 fully saturated rings. The summed E-state index contributed by atoms with van der Waals surface area (Å²) in [6.07, 6.45) is -0.965. The molecule has 1 aromatic carbocycles. The number of aryl methyl sites for hydroxylation is 2. The molecule has 0 saturated heterocycles. The molecular formula is C17H20FN3O3S. The molecule has 0 saturated carbocycles. The van der Waals surface area contributed by atoms with E-state index in [1.165, 1.54) is 13.0 Å². The number of aromatic nitrogens is 2. The van der Waals surface area contributed by atoms with Crippen LogP contribution in [0.15, 0.2) is 29.2 Å². The molecule has 0 aliphatic heterocycles. The minimum atomic E-state index is -0.965. The van der Waals surface area contributed by atoms with Crippen molar-refractivity contribution in [2.45, 2.75) is 31.8 Å². The monoisotopic (exact) mass is 365 g/mol. The second-order valence-corrected chi connectivity index (χ2v) is 6.53. The van der Waals surface area contributed by atoms with Gasteiger partial charge in [0.05, 0.1) is 22.8 Å². The average Bonchev–Trinajstić information content (AvgIpc) is 2.80. The van der Waals surface area contributed by atoms with Gasteiger partial charge in [0.2, 0.25) is 0 Å². The highest BCUT2D eigenvalue weighted by molar-refractivity contribution is 8.00. The Morgan fingerprint density at radius 3 is 2.64 bits per heavy atom. The predicted octanol–water partition coefficient (Wildman–Crippen LogP) is 2.84. The Hall–Kier alpha value is -2.35. The number of anilines is 1. The van der Waals surface area contributed by atoms with Crippen molar-refractivity contribution in [3.8, 4) is 0 Å². The van der Waals surface area contributed by atoms with Crippen molar-refractivity contribution in [3.05, 3.63) is 41.5 Å². The number of halogens is 1. The van der Waals surface area contributed by atoms with Gasteiger partial charge in [-0.15, -0.1) is 11.8 Å². The Labute approximate surface area is 149 Å². The number of nitrogens with zero attached hydrogens (tertiary/aromatic N) is 2. The van der Waals surface area contributed by atoms with E-state index in [4.69, 9.17) is 4.74 Å². The van der Waals surface area contributed by atoms with Gasteiger partial charge < -0.3 is 10.1 Å². The smallest absolute Gasteiger partial charge is 0.317 e. The van der Waals surface area contributed by atoms with E-state index in [0.29, 0.717) is 16.3 Å². The molecule has 2 rings (SSSR count). The summed E-state index contributed by atoms with van der Waals surface area (Å²) in [5, 5.41) is 6.93. The summed E-state index contributed by atoms with van der Waals surface area (Å²) in [5.41, 5.74) is 2.10. The predicted molar refractivity (Wildman–Crippen MR) is 94.0 cm³/mol. The van der Waals surface area contributed by atoms with E-state index in [1.807, 2.05) is 6.92 Å². The number of hydrogen-bond acceptors (Lipinski definition) is 5. The van der Waals surface area contributed by atoms with Gasteiger partial charge in [0.15, 0.2) is 6.10 Å². The van der Waals surface area contributed by atoms with Gasteiger partial charge in [-0.2, -0.15) is 5.10 Å². The van der Waals surface area contributed by atoms with E-state index >= 15 is 0 Å². The molecule has 8 heteroatoms. The first-order chi connectivity index (χ1) is 11.8. The van der Waals surface area contributed by atoms with Crippen LogP contribution in [0.4, 0.5) is 10.1 Å². The number of ether oxygens (including phenoxy) is 1. The van der Waals surface area contributed by atoms with Crippen LogP contribution in [0.3, 0.4) is 0 Å². The molecule has 0 aliphatic rings. The summed E-state index contributed by atoms with van der Waals surface area (Å²) in [7, 11) is 1.78. The Bertz CT molecular complexity index is 791. The molecular weight excluding hydrogens is 345 g/mol. The molecule has 1 heterocycles. The fraction of sp³-hybridized carbons (Fsp3) is 0.353. The highest BCUT2D eigenvalue weighted by atomic mass is 32.2. The van der Waals surface area contributed by atoms with Crippen molar-refractivity contribution in [1.29, 1.82) is 0 Å². The van der Waals surface area contributed by atoms with Crippen molar-refractivity contribution in [2.75, 3.05) is 11.1 Å². The number of carbonyl (C=O) groups is 2. The molecule has 0 radical (unpaired) electrons. The lowest BCUT2D eigenvalue weighted by Crippen LogP contribution is -2.30. The van der Waals surface area contributed by atoms with Crippen molar-refractivity contribution in [2.24, 2.45) is 7.05 Å². The Morgan fingerprint density at radius 2 is 2.04 bits per heavy atom. The van der Waals surface area contributed by atoms with Gasteiger partial charge >= 0.3 is 5.97 Å². The van der Waals surface area contributed by atoms with Gasteiger partial charge in [0.1, 0.15) is 5.82 Å². The maximum atomic E-state index is 13.5. The van der Waals surface area contributed by atoms with Crippen LogP contribution in [0.5, 0.6) is 0 Å². The zero-order valence-electron chi connectivity index (χ0n) is 14.5. The molecule has 0 aliphatic carbocycles. The molecule has 0 spiro atoms. The number of nitrogens with one attached hydrogen (secondary N) is 1. The van der Waals surface area contributed by atoms with Gasteiger partial charge in [-0.25, -0.2) is 4.39 Å². The van der Waals surface area contributed by atoms with Gasteiger partial charge in [0.25, 0.3) is 5.91 Å². The largest absolute Gasteiger partial charge is 0.452 e. The van der Waals surface area contributed by atoms with Crippen LogP contribution in [0, 0.1) is 19.7 Å². The maximum Gasteiger partial charge on any atom is 0.317 e. The lowest BCUT2D eigenvalue weighted by Gasteiger charge is -2.13. The summed E-state index contributed by atoms with van der Waals surface area (Å²) in [6, 6.07) is 6.16. The third-order valence-electron chi connectivity index (χ3n) is 3.62. The second-order valence-electron chi connectivity index (χ2n) is 5.51. The second kappa shape index (κ2) is 8.15. The molecule has 1 aromatic heterocycles. The van der Waals surface area contributed by atoms with Crippen LogP contribution in [-0.2, 0) is 21.4 Å². The molecule has 0 bridgehead atoms. The minimum Gasteiger partial charge on any atom is -0.452 e. The zero-order chi connectivity index (χ0) is 18.6. The van der Waals surface area contributed by atoms with Crippen LogP contribution in [0.25, 0.3) is 0 Å².